The van der Waals surface area contributed by atoms with Gasteiger partial charge in [-0.2, -0.15) is 13.2 Å². The average Bonchev–Trinajstić information content (AvgIpc) is 2.66. The zero-order valence-electron chi connectivity index (χ0n) is 9.05. The molecule has 2 saturated heterocycles. The monoisotopic (exact) mass is 236 g/mol. The van der Waals surface area contributed by atoms with E-state index < -0.39 is 18.5 Å². The van der Waals surface area contributed by atoms with E-state index in [0.717, 1.165) is 13.1 Å². The number of alkyl halides is 3. The van der Waals surface area contributed by atoms with Gasteiger partial charge in [0.1, 0.15) is 6.42 Å². The second-order valence-corrected chi connectivity index (χ2v) is 4.66. The van der Waals surface area contributed by atoms with Gasteiger partial charge in [-0.1, -0.05) is 0 Å². The van der Waals surface area contributed by atoms with E-state index in [1.165, 1.54) is 4.90 Å². The predicted molar refractivity (Wildman–Crippen MR) is 51.7 cm³/mol. The lowest BCUT2D eigenvalue weighted by molar-refractivity contribution is -0.162. The number of nitrogens with one attached hydrogen (secondary N) is 1. The van der Waals surface area contributed by atoms with Crippen LogP contribution in [0.25, 0.3) is 0 Å². The van der Waals surface area contributed by atoms with Crippen molar-refractivity contribution in [1.82, 2.24) is 10.2 Å². The highest BCUT2D eigenvalue weighted by Crippen LogP contribution is 2.33. The van der Waals surface area contributed by atoms with Crippen molar-refractivity contribution in [3.63, 3.8) is 0 Å². The van der Waals surface area contributed by atoms with Crippen LogP contribution >= 0.6 is 0 Å². The highest BCUT2D eigenvalue weighted by Gasteiger charge is 2.45. The van der Waals surface area contributed by atoms with Gasteiger partial charge in [-0.3, -0.25) is 4.79 Å². The lowest BCUT2D eigenvalue weighted by atomic mass is 9.95. The Bertz CT molecular complexity index is 292. The molecule has 16 heavy (non-hydrogen) atoms. The van der Waals surface area contributed by atoms with Crippen LogP contribution in [0.5, 0.6) is 0 Å². The van der Waals surface area contributed by atoms with Crippen molar-refractivity contribution >= 4 is 5.91 Å². The van der Waals surface area contributed by atoms with Crippen LogP contribution < -0.4 is 5.32 Å². The summed E-state index contributed by atoms with van der Waals surface area (Å²) in [6.07, 6.45) is -5.73. The average molecular weight is 236 g/mol. The molecule has 2 aliphatic heterocycles. The van der Waals surface area contributed by atoms with Crippen molar-refractivity contribution < 1.29 is 18.0 Å². The molecule has 2 aliphatic rings. The van der Waals surface area contributed by atoms with E-state index in [1.54, 1.807) is 0 Å². The number of hydrogen-bond acceptors (Lipinski definition) is 2. The number of fused-ring (bicyclic) bond motifs is 1. The fourth-order valence-electron chi connectivity index (χ4n) is 2.77. The van der Waals surface area contributed by atoms with Gasteiger partial charge in [0, 0.05) is 25.7 Å². The molecule has 2 fully saturated rings. The van der Waals surface area contributed by atoms with Gasteiger partial charge in [-0.15, -0.1) is 0 Å². The molecule has 0 saturated carbocycles. The smallest absolute Gasteiger partial charge is 0.339 e. The number of nitrogens with zero attached hydrogens (tertiary/aromatic N) is 1. The topological polar surface area (TPSA) is 32.3 Å². The minimum absolute atomic E-state index is 0.0742. The molecule has 0 spiro atoms. The van der Waals surface area contributed by atoms with Crippen LogP contribution in [0.3, 0.4) is 0 Å². The Labute approximate surface area is 92.0 Å². The molecule has 0 aromatic rings. The first-order valence-electron chi connectivity index (χ1n) is 5.45. The zero-order valence-corrected chi connectivity index (χ0v) is 9.05. The first-order chi connectivity index (χ1) is 7.38. The van der Waals surface area contributed by atoms with Crippen molar-refractivity contribution in [2.75, 3.05) is 19.6 Å². The highest BCUT2D eigenvalue weighted by atomic mass is 19.4. The first kappa shape index (κ1) is 11.7. The minimum Gasteiger partial charge on any atom is -0.339 e. The predicted octanol–water partition coefficient (Wildman–Crippen LogP) is 1.01. The molecular weight excluding hydrogens is 221 g/mol. The number of amides is 1. The largest absolute Gasteiger partial charge is 0.397 e. The molecule has 2 rings (SSSR count). The van der Waals surface area contributed by atoms with Gasteiger partial charge in [-0.05, 0) is 18.8 Å². The third kappa shape index (κ3) is 2.16. The third-order valence-corrected chi connectivity index (χ3v) is 3.61. The maximum atomic E-state index is 12.1. The van der Waals surface area contributed by atoms with Crippen LogP contribution in [-0.4, -0.2) is 42.7 Å². The van der Waals surface area contributed by atoms with Crippen molar-refractivity contribution in [2.24, 2.45) is 11.8 Å². The maximum absolute atomic E-state index is 12.1. The van der Waals surface area contributed by atoms with Gasteiger partial charge in [-0.25, -0.2) is 0 Å². The van der Waals surface area contributed by atoms with E-state index in [4.69, 9.17) is 0 Å². The van der Waals surface area contributed by atoms with E-state index in [1.807, 2.05) is 6.92 Å². The zero-order chi connectivity index (χ0) is 11.9. The van der Waals surface area contributed by atoms with Gasteiger partial charge in [0.25, 0.3) is 0 Å². The molecule has 0 aromatic carbocycles. The lowest BCUT2D eigenvalue weighted by Gasteiger charge is -2.25. The van der Waals surface area contributed by atoms with E-state index in [-0.39, 0.29) is 6.04 Å². The van der Waals surface area contributed by atoms with Crippen LogP contribution in [0, 0.1) is 11.8 Å². The standard InChI is InChI=1S/C10H15F3N2O/c1-6-8-4-14-3-7(8)5-15(6)9(16)2-10(11,12)13/h6-8,14H,2-5H2,1H3. The Morgan fingerprint density at radius 2 is 2.12 bits per heavy atom. The highest BCUT2D eigenvalue weighted by molar-refractivity contribution is 5.77. The number of halogens is 3. The molecule has 2 heterocycles. The van der Waals surface area contributed by atoms with E-state index in [2.05, 4.69) is 5.32 Å². The number of carbonyl (C=O) groups is 1. The Morgan fingerprint density at radius 1 is 1.44 bits per heavy atom. The fraction of sp³-hybridized carbons (Fsp3) is 0.900. The Kier molecular flexibility index (Phi) is 2.86. The summed E-state index contributed by atoms with van der Waals surface area (Å²) in [7, 11) is 0. The molecule has 1 amide bonds. The van der Waals surface area contributed by atoms with Crippen LogP contribution in [0.2, 0.25) is 0 Å². The molecule has 0 bridgehead atoms. The summed E-state index contributed by atoms with van der Waals surface area (Å²) < 4.78 is 36.4. The van der Waals surface area contributed by atoms with Crippen LogP contribution in [0.15, 0.2) is 0 Å². The molecule has 0 aromatic heterocycles. The van der Waals surface area contributed by atoms with E-state index >= 15 is 0 Å². The molecular formula is C10H15F3N2O. The Morgan fingerprint density at radius 3 is 2.69 bits per heavy atom. The number of hydrogen-bond donors (Lipinski definition) is 1. The molecule has 0 aliphatic carbocycles. The third-order valence-electron chi connectivity index (χ3n) is 3.61. The van der Waals surface area contributed by atoms with Gasteiger partial charge in [0.2, 0.25) is 5.91 Å². The van der Waals surface area contributed by atoms with Gasteiger partial charge >= 0.3 is 6.18 Å². The summed E-state index contributed by atoms with van der Waals surface area (Å²) in [4.78, 5) is 12.9. The van der Waals surface area contributed by atoms with Crippen molar-refractivity contribution in [1.29, 1.82) is 0 Å². The second-order valence-electron chi connectivity index (χ2n) is 4.66. The summed E-state index contributed by atoms with van der Waals surface area (Å²) in [5.74, 6) is -0.140. The first-order valence-corrected chi connectivity index (χ1v) is 5.45. The summed E-state index contributed by atoms with van der Waals surface area (Å²) in [6.45, 7) is 3.92. The van der Waals surface area contributed by atoms with Gasteiger partial charge in [0.05, 0.1) is 0 Å². The normalized spacial score (nSPS) is 34.2. The van der Waals surface area contributed by atoms with Crippen molar-refractivity contribution in [3.8, 4) is 0 Å². The van der Waals surface area contributed by atoms with E-state index in [9.17, 15) is 18.0 Å². The fourth-order valence-corrected chi connectivity index (χ4v) is 2.77. The SMILES string of the molecule is CC1C2CNCC2CN1C(=O)CC(F)(F)F. The number of rotatable bonds is 1. The summed E-state index contributed by atoms with van der Waals surface area (Å²) in [5, 5.41) is 3.20. The Balaban J connectivity index is 1.99. The Hall–Kier alpha value is -0.780. The van der Waals surface area contributed by atoms with Crippen LogP contribution in [0.1, 0.15) is 13.3 Å². The maximum Gasteiger partial charge on any atom is 0.397 e. The summed E-state index contributed by atoms with van der Waals surface area (Å²) >= 11 is 0. The lowest BCUT2D eigenvalue weighted by Crippen LogP contribution is -2.39. The molecule has 3 nitrogen and oxygen atoms in total. The molecule has 3 atom stereocenters. The quantitative estimate of drug-likeness (QED) is 0.736. The summed E-state index contributed by atoms with van der Waals surface area (Å²) in [6, 6.07) is -0.0742. The molecule has 1 N–H and O–H groups in total. The van der Waals surface area contributed by atoms with Crippen LogP contribution in [0.4, 0.5) is 13.2 Å². The van der Waals surface area contributed by atoms with E-state index in [0.29, 0.717) is 18.4 Å². The second kappa shape index (κ2) is 3.91. The van der Waals surface area contributed by atoms with Gasteiger partial charge in [0.15, 0.2) is 0 Å². The molecule has 3 unspecified atom stereocenters. The molecule has 92 valence electrons. The van der Waals surface area contributed by atoms with Gasteiger partial charge < -0.3 is 10.2 Å². The summed E-state index contributed by atoms with van der Waals surface area (Å²) in [5.41, 5.74) is 0. The molecule has 0 radical (unpaired) electrons. The van der Waals surface area contributed by atoms with Crippen LogP contribution in [-0.2, 0) is 4.79 Å². The number of carbonyl (C=O) groups excluding carboxylic acids is 1. The molecule has 6 heteroatoms. The van der Waals surface area contributed by atoms with Crippen molar-refractivity contribution in [3.05, 3.63) is 0 Å². The van der Waals surface area contributed by atoms with Crippen molar-refractivity contribution in [2.45, 2.75) is 25.6 Å². The minimum atomic E-state index is -4.40. The number of likely N-dealkylation sites (tertiary alicyclic amines) is 1.